The molecule has 1 heterocycles. The van der Waals surface area contributed by atoms with Gasteiger partial charge in [0.05, 0.1) is 7.11 Å². The molecule has 0 atom stereocenters. The van der Waals surface area contributed by atoms with Gasteiger partial charge in [0.25, 0.3) is 15.9 Å². The van der Waals surface area contributed by atoms with Crippen molar-refractivity contribution in [3.05, 3.63) is 17.9 Å². The fourth-order valence-corrected chi connectivity index (χ4v) is 2.21. The molecule has 0 aromatic carbocycles. The van der Waals surface area contributed by atoms with Crippen molar-refractivity contribution in [1.29, 1.82) is 0 Å². The molecule has 1 aromatic heterocycles. The molecule has 0 fully saturated rings. The Kier molecular flexibility index (Phi) is 4.79. The fraction of sp³-hybridized carbons (Fsp3) is 0.500. The molecule has 118 valence electrons. The number of rotatable bonds is 5. The number of nitrogens with one attached hydrogen (secondary N) is 1. The van der Waals surface area contributed by atoms with E-state index in [-0.39, 0.29) is 10.9 Å². The first-order valence-electron chi connectivity index (χ1n) is 5.95. The van der Waals surface area contributed by atoms with Gasteiger partial charge in [-0.25, -0.2) is 17.5 Å². The van der Waals surface area contributed by atoms with Gasteiger partial charge in [-0.15, -0.1) is 0 Å². The summed E-state index contributed by atoms with van der Waals surface area (Å²) in [6, 6.07) is 2.40. The summed E-state index contributed by atoms with van der Waals surface area (Å²) in [6.07, 6.45) is 0. The van der Waals surface area contributed by atoms with E-state index in [9.17, 15) is 18.0 Å². The van der Waals surface area contributed by atoms with Crippen molar-refractivity contribution in [3.8, 4) is 0 Å². The maximum absolute atomic E-state index is 12.0. The molecule has 1 aromatic rings. The number of methoxy groups -OCH3 is 1. The van der Waals surface area contributed by atoms with Crippen LogP contribution in [0.2, 0.25) is 0 Å². The highest BCUT2D eigenvalue weighted by atomic mass is 32.2. The Morgan fingerprint density at radius 3 is 2.33 bits per heavy atom. The molecule has 0 aliphatic rings. The van der Waals surface area contributed by atoms with Crippen LogP contribution in [0.5, 0.6) is 0 Å². The highest BCUT2D eigenvalue weighted by Gasteiger charge is 2.32. The minimum Gasteiger partial charge on any atom is -0.467 e. The van der Waals surface area contributed by atoms with Gasteiger partial charge in [-0.05, 0) is 26.0 Å². The van der Waals surface area contributed by atoms with E-state index in [1.54, 1.807) is 0 Å². The number of furan rings is 1. The summed E-state index contributed by atoms with van der Waals surface area (Å²) in [7, 11) is 0.130. The standard InChI is InChI=1S/C12H18N2O6S/c1-12(2,11(16)19-5)13-10(15)8-6-7-9(20-8)21(17,18)14(3)4/h6-7H,1-5H3,(H,13,15). The lowest BCUT2D eigenvalue weighted by Gasteiger charge is -2.22. The van der Waals surface area contributed by atoms with Crippen molar-refractivity contribution in [3.63, 3.8) is 0 Å². The molecule has 0 saturated heterocycles. The average Bonchev–Trinajstić information content (AvgIpc) is 2.87. The summed E-state index contributed by atoms with van der Waals surface area (Å²) in [4.78, 5) is 23.5. The number of nitrogens with zero attached hydrogens (tertiary/aromatic N) is 1. The minimum absolute atomic E-state index is 0.215. The molecular formula is C12H18N2O6S. The molecule has 9 heteroatoms. The van der Waals surface area contributed by atoms with Gasteiger partial charge in [0.15, 0.2) is 5.76 Å². The number of esters is 1. The van der Waals surface area contributed by atoms with E-state index in [4.69, 9.17) is 4.42 Å². The van der Waals surface area contributed by atoms with E-state index in [0.29, 0.717) is 0 Å². The van der Waals surface area contributed by atoms with Crippen LogP contribution in [-0.4, -0.2) is 51.3 Å². The quantitative estimate of drug-likeness (QED) is 0.778. The lowest BCUT2D eigenvalue weighted by atomic mass is 10.1. The smallest absolute Gasteiger partial charge is 0.330 e. The van der Waals surface area contributed by atoms with Crippen LogP contribution < -0.4 is 5.32 Å². The highest BCUT2D eigenvalue weighted by molar-refractivity contribution is 7.88. The largest absolute Gasteiger partial charge is 0.467 e. The summed E-state index contributed by atoms with van der Waals surface area (Å²) >= 11 is 0. The Labute approximate surface area is 123 Å². The molecule has 1 rings (SSSR count). The first-order chi connectivity index (χ1) is 9.52. The summed E-state index contributed by atoms with van der Waals surface area (Å²) in [5, 5.41) is 2.05. The highest BCUT2D eigenvalue weighted by Crippen LogP contribution is 2.17. The van der Waals surface area contributed by atoms with Crippen LogP contribution in [-0.2, 0) is 19.6 Å². The Morgan fingerprint density at radius 1 is 1.29 bits per heavy atom. The molecule has 0 spiro atoms. The molecule has 0 saturated carbocycles. The van der Waals surface area contributed by atoms with E-state index in [1.807, 2.05) is 0 Å². The number of amides is 1. The third-order valence-corrected chi connectivity index (χ3v) is 4.35. The number of hydrogen-bond donors (Lipinski definition) is 1. The SMILES string of the molecule is COC(=O)C(C)(C)NC(=O)c1ccc(S(=O)(=O)N(C)C)o1. The summed E-state index contributed by atoms with van der Waals surface area (Å²) < 4.78 is 34.2. The van der Waals surface area contributed by atoms with Crippen molar-refractivity contribution in [2.24, 2.45) is 0 Å². The normalized spacial score (nSPS) is 12.3. The van der Waals surface area contributed by atoms with Crippen molar-refractivity contribution < 1.29 is 27.2 Å². The Morgan fingerprint density at radius 2 is 1.86 bits per heavy atom. The van der Waals surface area contributed by atoms with Crippen molar-refractivity contribution in [2.75, 3.05) is 21.2 Å². The van der Waals surface area contributed by atoms with Gasteiger partial charge in [0.2, 0.25) is 5.09 Å². The van der Waals surface area contributed by atoms with Crippen LogP contribution in [0.15, 0.2) is 21.6 Å². The predicted molar refractivity (Wildman–Crippen MR) is 73.1 cm³/mol. The maximum atomic E-state index is 12.0. The molecule has 1 amide bonds. The summed E-state index contributed by atoms with van der Waals surface area (Å²) in [5.74, 6) is -1.57. The van der Waals surface area contributed by atoms with E-state index < -0.39 is 27.4 Å². The third kappa shape index (κ3) is 3.61. The van der Waals surface area contributed by atoms with E-state index in [2.05, 4.69) is 10.1 Å². The monoisotopic (exact) mass is 318 g/mol. The number of ether oxygens (including phenoxy) is 1. The van der Waals surface area contributed by atoms with Crippen molar-refractivity contribution in [2.45, 2.75) is 24.5 Å². The molecule has 0 unspecified atom stereocenters. The summed E-state index contributed by atoms with van der Waals surface area (Å²) in [6.45, 7) is 2.91. The zero-order chi connectivity index (χ0) is 16.4. The molecule has 0 radical (unpaired) electrons. The first-order valence-corrected chi connectivity index (χ1v) is 7.39. The van der Waals surface area contributed by atoms with Gasteiger partial charge >= 0.3 is 5.97 Å². The second-order valence-electron chi connectivity index (χ2n) is 4.98. The van der Waals surface area contributed by atoms with Gasteiger partial charge in [-0.3, -0.25) is 4.79 Å². The molecule has 0 aliphatic carbocycles. The van der Waals surface area contributed by atoms with Gasteiger partial charge in [0, 0.05) is 14.1 Å². The second-order valence-corrected chi connectivity index (χ2v) is 7.06. The number of carbonyl (C=O) groups is 2. The zero-order valence-corrected chi connectivity index (χ0v) is 13.3. The number of sulfonamides is 1. The minimum atomic E-state index is -3.76. The van der Waals surface area contributed by atoms with Crippen LogP contribution in [0, 0.1) is 0 Å². The van der Waals surface area contributed by atoms with Gasteiger partial charge in [-0.1, -0.05) is 0 Å². The molecule has 21 heavy (non-hydrogen) atoms. The number of carbonyl (C=O) groups excluding carboxylic acids is 2. The van der Waals surface area contributed by atoms with E-state index in [1.165, 1.54) is 47.2 Å². The van der Waals surface area contributed by atoms with Crippen LogP contribution >= 0.6 is 0 Å². The van der Waals surface area contributed by atoms with Crippen molar-refractivity contribution >= 4 is 21.9 Å². The topological polar surface area (TPSA) is 106 Å². The van der Waals surface area contributed by atoms with Crippen molar-refractivity contribution in [1.82, 2.24) is 9.62 Å². The molecule has 8 nitrogen and oxygen atoms in total. The van der Waals surface area contributed by atoms with Crippen LogP contribution in [0.4, 0.5) is 0 Å². The number of hydrogen-bond acceptors (Lipinski definition) is 6. The van der Waals surface area contributed by atoms with Gasteiger partial charge in [-0.2, -0.15) is 0 Å². The fourth-order valence-electron chi connectivity index (χ4n) is 1.41. The van der Waals surface area contributed by atoms with Crippen LogP contribution in [0.3, 0.4) is 0 Å². The second kappa shape index (κ2) is 5.86. The zero-order valence-electron chi connectivity index (χ0n) is 12.5. The van der Waals surface area contributed by atoms with E-state index in [0.717, 1.165) is 4.31 Å². The maximum Gasteiger partial charge on any atom is 0.330 e. The van der Waals surface area contributed by atoms with E-state index >= 15 is 0 Å². The lowest BCUT2D eigenvalue weighted by molar-refractivity contribution is -0.146. The van der Waals surface area contributed by atoms with Crippen LogP contribution in [0.25, 0.3) is 0 Å². The van der Waals surface area contributed by atoms with Crippen LogP contribution in [0.1, 0.15) is 24.4 Å². The van der Waals surface area contributed by atoms with Gasteiger partial charge < -0.3 is 14.5 Å². The summed E-state index contributed by atoms with van der Waals surface area (Å²) in [5.41, 5.74) is -1.26. The van der Waals surface area contributed by atoms with Gasteiger partial charge in [0.1, 0.15) is 5.54 Å². The molecule has 1 N–H and O–H groups in total. The Bertz CT molecular complexity index is 644. The molecular weight excluding hydrogens is 300 g/mol. The Hall–Kier alpha value is -1.87. The molecule has 0 bridgehead atoms. The third-order valence-electron chi connectivity index (χ3n) is 2.66. The Balaban J connectivity index is 2.97. The average molecular weight is 318 g/mol. The predicted octanol–water partition coefficient (Wildman–Crippen LogP) is 0.211. The lowest BCUT2D eigenvalue weighted by Crippen LogP contribution is -2.50. The first kappa shape index (κ1) is 17.2. The molecule has 0 aliphatic heterocycles.